The highest BCUT2D eigenvalue weighted by Gasteiger charge is 2.44. The van der Waals surface area contributed by atoms with Crippen molar-refractivity contribution in [3.8, 4) is 0 Å². The number of aliphatic hydroxyl groups excluding tert-OH is 1. The van der Waals surface area contributed by atoms with Gasteiger partial charge in [0.25, 0.3) is 0 Å². The standard InChI is InChI=1S/C42H63N9O13/c1-5-22(3)33(48-36(57)26(20-32(54)55)45-37(58)28(21-52)47-35(56)25(43)18-24-12-8-7-9-13-24)41(62)51-17-11-14-29(51)38(59)46-27(19-31(44)53)40(61)50-16-10-15-30(50)39(60)49-34(42(63)64)23(4)6-2/h7-9,12-13,22-23,25-30,33-34,52H,5-6,10-11,14-21,43H2,1-4H3,(H2,44,53)(H,45,58)(H,46,59)(H,47,56)(H,48,57)(H,49,60)(H,54,55)(H,63,64)/t22-,23-,25-,26-,27-,28-,29-,30-,33-,34-/m0/s1. The van der Waals surface area contributed by atoms with Gasteiger partial charge >= 0.3 is 11.9 Å². The van der Waals surface area contributed by atoms with Crippen LogP contribution in [0.3, 0.4) is 0 Å². The maximum Gasteiger partial charge on any atom is 0.326 e. The van der Waals surface area contributed by atoms with Gasteiger partial charge in [0.2, 0.25) is 47.3 Å². The summed E-state index contributed by atoms with van der Waals surface area (Å²) >= 11 is 0. The Kier molecular flexibility index (Phi) is 20.1. The summed E-state index contributed by atoms with van der Waals surface area (Å²) in [5.74, 6) is -10.8. The van der Waals surface area contributed by atoms with E-state index in [2.05, 4.69) is 26.6 Å². The number of nitrogens with one attached hydrogen (secondary N) is 5. The Hall–Kier alpha value is -6.16. The summed E-state index contributed by atoms with van der Waals surface area (Å²) in [6, 6.07) is -2.24. The van der Waals surface area contributed by atoms with Crippen LogP contribution in [0.4, 0.5) is 0 Å². The molecule has 0 saturated carbocycles. The first-order valence-corrected chi connectivity index (χ1v) is 21.5. The van der Waals surface area contributed by atoms with E-state index in [9.17, 15) is 63.3 Å². The van der Waals surface area contributed by atoms with Crippen molar-refractivity contribution in [2.75, 3.05) is 19.7 Å². The summed E-state index contributed by atoms with van der Waals surface area (Å²) in [5, 5.41) is 41.4. The number of primary amides is 1. The predicted molar refractivity (Wildman–Crippen MR) is 227 cm³/mol. The third-order valence-corrected chi connectivity index (χ3v) is 11.7. The van der Waals surface area contributed by atoms with Crippen LogP contribution in [0.25, 0.3) is 0 Å². The van der Waals surface area contributed by atoms with Crippen molar-refractivity contribution >= 4 is 59.2 Å². The summed E-state index contributed by atoms with van der Waals surface area (Å²) in [6.07, 6.45) is 0.223. The molecule has 22 nitrogen and oxygen atoms in total. The molecule has 0 aromatic heterocycles. The van der Waals surface area contributed by atoms with Crippen LogP contribution in [0.2, 0.25) is 0 Å². The van der Waals surface area contributed by atoms with E-state index >= 15 is 0 Å². The minimum Gasteiger partial charge on any atom is -0.481 e. The van der Waals surface area contributed by atoms with Gasteiger partial charge in [-0.3, -0.25) is 43.2 Å². The SMILES string of the molecule is CC[C@H](C)[C@H](NC(=O)[C@@H]1CCCN1C(=O)[C@H](CC(N)=O)NC(=O)[C@@H]1CCCN1C(=O)[C@@H](NC(=O)[C@H](CC(=O)O)NC(=O)[C@H](CO)NC(=O)[C@@H](N)Cc1ccccc1)[C@@H](C)CC)C(=O)O. The fourth-order valence-corrected chi connectivity index (χ4v) is 7.61. The third-order valence-electron chi connectivity index (χ3n) is 11.7. The van der Waals surface area contributed by atoms with Crippen LogP contribution in [0.5, 0.6) is 0 Å². The number of nitrogens with zero attached hydrogens (tertiary/aromatic N) is 2. The van der Waals surface area contributed by atoms with Crippen LogP contribution in [-0.4, -0.2) is 152 Å². The Morgan fingerprint density at radius 1 is 0.672 bits per heavy atom. The van der Waals surface area contributed by atoms with E-state index < -0.39 is 139 Å². The lowest BCUT2D eigenvalue weighted by molar-refractivity contribution is -0.147. The Bertz CT molecular complexity index is 1870. The van der Waals surface area contributed by atoms with Crippen molar-refractivity contribution in [1.29, 1.82) is 0 Å². The molecule has 2 heterocycles. The second-order valence-electron chi connectivity index (χ2n) is 16.4. The van der Waals surface area contributed by atoms with Crippen LogP contribution in [0.15, 0.2) is 30.3 Å². The second-order valence-corrected chi connectivity index (χ2v) is 16.4. The Morgan fingerprint density at radius 3 is 1.70 bits per heavy atom. The lowest BCUT2D eigenvalue weighted by atomic mass is 9.96. The normalized spacial score (nSPS) is 19.7. The molecule has 354 valence electrons. The maximum absolute atomic E-state index is 14.3. The number of carbonyl (C=O) groups is 10. The van der Waals surface area contributed by atoms with Crippen molar-refractivity contribution in [3.63, 3.8) is 0 Å². The fourth-order valence-electron chi connectivity index (χ4n) is 7.61. The van der Waals surface area contributed by atoms with E-state index in [-0.39, 0.29) is 32.4 Å². The van der Waals surface area contributed by atoms with Gasteiger partial charge in [0.1, 0.15) is 42.3 Å². The van der Waals surface area contributed by atoms with Crippen LogP contribution < -0.4 is 38.1 Å². The maximum atomic E-state index is 14.3. The second kappa shape index (κ2) is 24.6. The Balaban J connectivity index is 1.76. The van der Waals surface area contributed by atoms with Crippen molar-refractivity contribution in [1.82, 2.24) is 36.4 Å². The molecule has 3 rings (SSSR count). The zero-order chi connectivity index (χ0) is 47.8. The molecule has 0 spiro atoms. The van der Waals surface area contributed by atoms with E-state index in [1.807, 2.05) is 0 Å². The zero-order valence-electron chi connectivity index (χ0n) is 36.6. The number of hydrogen-bond donors (Lipinski definition) is 10. The largest absolute Gasteiger partial charge is 0.481 e. The molecule has 10 atom stereocenters. The molecule has 0 bridgehead atoms. The first kappa shape index (κ1) is 52.2. The first-order valence-electron chi connectivity index (χ1n) is 21.5. The smallest absolute Gasteiger partial charge is 0.326 e. The van der Waals surface area contributed by atoms with Gasteiger partial charge < -0.3 is 63.2 Å². The van der Waals surface area contributed by atoms with Gasteiger partial charge in [0.05, 0.1) is 25.5 Å². The van der Waals surface area contributed by atoms with Gasteiger partial charge in [0, 0.05) is 13.1 Å². The molecular weight excluding hydrogens is 839 g/mol. The quantitative estimate of drug-likeness (QED) is 0.0512. The van der Waals surface area contributed by atoms with Gasteiger partial charge in [0.15, 0.2) is 0 Å². The Morgan fingerprint density at radius 2 is 1.19 bits per heavy atom. The van der Waals surface area contributed by atoms with Gasteiger partial charge in [-0.05, 0) is 49.5 Å². The number of hydrogen-bond acceptors (Lipinski definition) is 12. The molecule has 1 aromatic carbocycles. The van der Waals surface area contributed by atoms with E-state index in [4.69, 9.17) is 11.5 Å². The van der Waals surface area contributed by atoms with Crippen LogP contribution in [0.1, 0.15) is 84.6 Å². The van der Waals surface area contributed by atoms with Crippen LogP contribution in [-0.2, 0) is 54.4 Å². The van der Waals surface area contributed by atoms with E-state index in [0.29, 0.717) is 25.7 Å². The molecule has 0 radical (unpaired) electrons. The lowest BCUT2D eigenvalue weighted by Crippen LogP contribution is -2.61. The molecular formula is C42H63N9O13. The number of carboxylic acids is 2. The number of carboxylic acid groups (broad SMARTS) is 2. The molecule has 22 heteroatoms. The summed E-state index contributed by atoms with van der Waals surface area (Å²) in [6.45, 7) is 5.93. The number of amides is 8. The van der Waals surface area contributed by atoms with E-state index in [1.54, 1.807) is 58.0 Å². The van der Waals surface area contributed by atoms with Gasteiger partial charge in [-0.25, -0.2) is 4.79 Å². The number of carbonyl (C=O) groups excluding carboxylic acids is 8. The number of benzene rings is 1. The van der Waals surface area contributed by atoms with E-state index in [1.165, 1.54) is 4.90 Å². The molecule has 0 aliphatic carbocycles. The topological polar surface area (TPSA) is 350 Å². The molecule has 2 aliphatic rings. The Labute approximate surface area is 371 Å². The summed E-state index contributed by atoms with van der Waals surface area (Å²) < 4.78 is 0. The summed E-state index contributed by atoms with van der Waals surface area (Å²) in [4.78, 5) is 134. The van der Waals surface area contributed by atoms with Crippen LogP contribution in [0, 0.1) is 11.8 Å². The number of aliphatic carboxylic acids is 2. The molecule has 2 fully saturated rings. The zero-order valence-corrected chi connectivity index (χ0v) is 36.6. The van der Waals surface area contributed by atoms with Gasteiger partial charge in [-0.15, -0.1) is 0 Å². The van der Waals surface area contributed by atoms with Gasteiger partial charge in [-0.1, -0.05) is 70.9 Å². The van der Waals surface area contributed by atoms with Crippen LogP contribution >= 0.6 is 0 Å². The number of nitrogens with two attached hydrogens (primary N) is 2. The number of likely N-dealkylation sites (tertiary alicyclic amines) is 2. The third kappa shape index (κ3) is 14.4. The molecule has 2 saturated heterocycles. The monoisotopic (exact) mass is 901 g/mol. The molecule has 64 heavy (non-hydrogen) atoms. The minimum absolute atomic E-state index is 0.0308. The van der Waals surface area contributed by atoms with E-state index in [0.717, 1.165) is 10.5 Å². The number of aliphatic hydroxyl groups is 1. The van der Waals surface area contributed by atoms with Gasteiger partial charge in [-0.2, -0.15) is 0 Å². The molecule has 2 aliphatic heterocycles. The van der Waals surface area contributed by atoms with Crippen molar-refractivity contribution in [2.24, 2.45) is 23.3 Å². The first-order chi connectivity index (χ1) is 30.2. The highest BCUT2D eigenvalue weighted by Crippen LogP contribution is 2.24. The minimum atomic E-state index is -1.80. The average Bonchev–Trinajstić information content (AvgIpc) is 3.96. The average molecular weight is 902 g/mol. The molecule has 1 aromatic rings. The van der Waals surface area contributed by atoms with Crippen molar-refractivity contribution in [2.45, 2.75) is 134 Å². The fraction of sp³-hybridized carbons (Fsp3) is 0.619. The van der Waals surface area contributed by atoms with Crippen molar-refractivity contribution < 1.29 is 63.3 Å². The predicted octanol–water partition coefficient (Wildman–Crippen LogP) is -2.52. The summed E-state index contributed by atoms with van der Waals surface area (Å²) in [7, 11) is 0. The number of rotatable bonds is 24. The molecule has 0 unspecified atom stereocenters. The van der Waals surface area contributed by atoms with Crippen molar-refractivity contribution in [3.05, 3.63) is 35.9 Å². The molecule has 8 amide bonds. The highest BCUT2D eigenvalue weighted by molar-refractivity contribution is 5.99. The lowest BCUT2D eigenvalue weighted by Gasteiger charge is -2.33. The molecule has 12 N–H and O–H groups in total. The highest BCUT2D eigenvalue weighted by atomic mass is 16.4. The summed E-state index contributed by atoms with van der Waals surface area (Å²) in [5.41, 5.74) is 12.2.